The van der Waals surface area contributed by atoms with Gasteiger partial charge >= 0.3 is 0 Å². The van der Waals surface area contributed by atoms with E-state index in [2.05, 4.69) is 23.7 Å². The molecule has 1 aliphatic carbocycles. The standard InChI is InChI=1S/C11H17NOS/c1-8-5-7-14-11(8)10(4-6-13)12-9-2-3-9/h5,7,9-10,12-13H,2-4,6H2,1H3. The van der Waals surface area contributed by atoms with Crippen LogP contribution in [0, 0.1) is 6.92 Å². The van der Waals surface area contributed by atoms with Crippen LogP contribution >= 0.6 is 11.3 Å². The van der Waals surface area contributed by atoms with Crippen molar-refractivity contribution in [2.45, 2.75) is 38.3 Å². The van der Waals surface area contributed by atoms with Gasteiger partial charge in [-0.25, -0.2) is 0 Å². The van der Waals surface area contributed by atoms with Crippen molar-refractivity contribution < 1.29 is 5.11 Å². The average molecular weight is 211 g/mol. The zero-order valence-electron chi connectivity index (χ0n) is 8.49. The van der Waals surface area contributed by atoms with Crippen LogP contribution in [0.5, 0.6) is 0 Å². The van der Waals surface area contributed by atoms with E-state index in [9.17, 15) is 0 Å². The average Bonchev–Trinajstić information content (AvgIpc) is 2.87. The van der Waals surface area contributed by atoms with Gasteiger partial charge in [-0.3, -0.25) is 0 Å². The molecule has 0 aromatic carbocycles. The van der Waals surface area contributed by atoms with Crippen molar-refractivity contribution in [1.29, 1.82) is 0 Å². The minimum atomic E-state index is 0.266. The lowest BCUT2D eigenvalue weighted by atomic mass is 10.1. The number of thiophene rings is 1. The predicted molar refractivity (Wildman–Crippen MR) is 59.7 cm³/mol. The molecule has 0 radical (unpaired) electrons. The summed E-state index contributed by atoms with van der Waals surface area (Å²) < 4.78 is 0. The number of aliphatic hydroxyl groups excluding tert-OH is 1. The summed E-state index contributed by atoms with van der Waals surface area (Å²) in [7, 11) is 0. The van der Waals surface area contributed by atoms with Crippen LogP contribution in [0.2, 0.25) is 0 Å². The van der Waals surface area contributed by atoms with Gasteiger partial charge in [0.15, 0.2) is 0 Å². The third kappa shape index (κ3) is 2.35. The Morgan fingerprint density at radius 3 is 2.93 bits per heavy atom. The lowest BCUT2D eigenvalue weighted by molar-refractivity contribution is 0.266. The minimum absolute atomic E-state index is 0.266. The van der Waals surface area contributed by atoms with Crippen molar-refractivity contribution in [3.05, 3.63) is 21.9 Å². The number of nitrogens with one attached hydrogen (secondary N) is 1. The van der Waals surface area contributed by atoms with Crippen LogP contribution in [0.15, 0.2) is 11.4 Å². The first-order valence-corrected chi connectivity index (χ1v) is 6.10. The van der Waals surface area contributed by atoms with E-state index in [1.54, 1.807) is 11.3 Å². The van der Waals surface area contributed by atoms with Crippen LogP contribution in [0.1, 0.15) is 35.7 Å². The molecule has 1 fully saturated rings. The number of rotatable bonds is 5. The Hall–Kier alpha value is -0.380. The van der Waals surface area contributed by atoms with Crippen LogP contribution in [0.3, 0.4) is 0 Å². The molecule has 1 saturated carbocycles. The molecule has 2 nitrogen and oxygen atoms in total. The molecule has 78 valence electrons. The first-order chi connectivity index (χ1) is 6.81. The third-order valence-corrected chi connectivity index (χ3v) is 3.78. The van der Waals surface area contributed by atoms with E-state index in [0.717, 1.165) is 6.42 Å². The molecule has 0 saturated heterocycles. The molecule has 1 aliphatic rings. The van der Waals surface area contributed by atoms with Gasteiger partial charge in [0, 0.05) is 23.6 Å². The number of hydrogen-bond donors (Lipinski definition) is 2. The molecule has 1 heterocycles. The van der Waals surface area contributed by atoms with Crippen LogP contribution in [0.25, 0.3) is 0 Å². The molecule has 0 amide bonds. The maximum Gasteiger partial charge on any atom is 0.0449 e. The molecule has 1 atom stereocenters. The first-order valence-electron chi connectivity index (χ1n) is 5.22. The Bertz CT molecular complexity index is 293. The van der Waals surface area contributed by atoms with E-state index in [4.69, 9.17) is 5.11 Å². The molecule has 2 rings (SSSR count). The molecular weight excluding hydrogens is 194 g/mol. The van der Waals surface area contributed by atoms with Crippen molar-refractivity contribution in [2.24, 2.45) is 0 Å². The molecule has 0 spiro atoms. The molecule has 3 heteroatoms. The molecular formula is C11H17NOS. The highest BCUT2D eigenvalue weighted by Crippen LogP contribution is 2.30. The number of aryl methyl sites for hydroxylation is 1. The zero-order chi connectivity index (χ0) is 9.97. The number of hydrogen-bond acceptors (Lipinski definition) is 3. The second-order valence-corrected chi connectivity index (χ2v) is 4.92. The Labute approximate surface area is 89.0 Å². The van der Waals surface area contributed by atoms with Crippen molar-refractivity contribution in [3.8, 4) is 0 Å². The van der Waals surface area contributed by atoms with E-state index < -0.39 is 0 Å². The van der Waals surface area contributed by atoms with Gasteiger partial charge in [-0.1, -0.05) is 0 Å². The highest BCUT2D eigenvalue weighted by Gasteiger charge is 2.26. The minimum Gasteiger partial charge on any atom is -0.396 e. The molecule has 1 unspecified atom stereocenters. The molecule has 14 heavy (non-hydrogen) atoms. The summed E-state index contributed by atoms with van der Waals surface area (Å²) in [4.78, 5) is 1.39. The smallest absolute Gasteiger partial charge is 0.0449 e. The Morgan fingerprint density at radius 1 is 1.64 bits per heavy atom. The Kier molecular flexibility index (Phi) is 3.21. The largest absolute Gasteiger partial charge is 0.396 e. The fourth-order valence-electron chi connectivity index (χ4n) is 1.70. The lowest BCUT2D eigenvalue weighted by Crippen LogP contribution is -2.24. The van der Waals surface area contributed by atoms with Crippen molar-refractivity contribution in [3.63, 3.8) is 0 Å². The van der Waals surface area contributed by atoms with Crippen LogP contribution < -0.4 is 5.32 Å². The van der Waals surface area contributed by atoms with Crippen LogP contribution in [0.4, 0.5) is 0 Å². The normalized spacial score (nSPS) is 18.4. The summed E-state index contributed by atoms with van der Waals surface area (Å²) in [6.45, 7) is 2.41. The van der Waals surface area contributed by atoms with Crippen molar-refractivity contribution >= 4 is 11.3 Å². The quantitative estimate of drug-likeness (QED) is 0.783. The topological polar surface area (TPSA) is 32.3 Å². The maximum atomic E-state index is 9.02. The second-order valence-electron chi connectivity index (χ2n) is 3.97. The maximum absolute atomic E-state index is 9.02. The third-order valence-electron chi connectivity index (χ3n) is 2.65. The fourth-order valence-corrected chi connectivity index (χ4v) is 2.72. The molecule has 0 bridgehead atoms. The van der Waals surface area contributed by atoms with E-state index in [1.807, 2.05) is 0 Å². The Morgan fingerprint density at radius 2 is 2.43 bits per heavy atom. The zero-order valence-corrected chi connectivity index (χ0v) is 9.31. The van der Waals surface area contributed by atoms with E-state index >= 15 is 0 Å². The lowest BCUT2D eigenvalue weighted by Gasteiger charge is -2.17. The van der Waals surface area contributed by atoms with Gasteiger partial charge in [-0.2, -0.15) is 0 Å². The van der Waals surface area contributed by atoms with Crippen LogP contribution in [-0.2, 0) is 0 Å². The van der Waals surface area contributed by atoms with Gasteiger partial charge in [0.2, 0.25) is 0 Å². The number of aliphatic hydroxyl groups is 1. The summed E-state index contributed by atoms with van der Waals surface area (Å²) in [5.74, 6) is 0. The molecule has 1 aromatic rings. The fraction of sp³-hybridized carbons (Fsp3) is 0.636. The Balaban J connectivity index is 2.04. The summed E-state index contributed by atoms with van der Waals surface area (Å²) in [6, 6.07) is 3.22. The highest BCUT2D eigenvalue weighted by atomic mass is 32.1. The van der Waals surface area contributed by atoms with Gasteiger partial charge in [-0.15, -0.1) is 11.3 Å². The van der Waals surface area contributed by atoms with Gasteiger partial charge in [-0.05, 0) is 43.2 Å². The molecule has 1 aromatic heterocycles. The van der Waals surface area contributed by atoms with Crippen LogP contribution in [-0.4, -0.2) is 17.8 Å². The summed E-state index contributed by atoms with van der Waals surface area (Å²) in [5.41, 5.74) is 1.35. The van der Waals surface area contributed by atoms with Crippen molar-refractivity contribution in [2.75, 3.05) is 6.61 Å². The van der Waals surface area contributed by atoms with E-state index in [0.29, 0.717) is 12.1 Å². The summed E-state index contributed by atoms with van der Waals surface area (Å²) in [5, 5.41) is 14.7. The molecule has 0 aliphatic heterocycles. The highest BCUT2D eigenvalue weighted by molar-refractivity contribution is 7.10. The van der Waals surface area contributed by atoms with E-state index in [-0.39, 0.29) is 6.61 Å². The van der Waals surface area contributed by atoms with Gasteiger partial charge in [0.05, 0.1) is 0 Å². The SMILES string of the molecule is Cc1ccsc1C(CCO)NC1CC1. The van der Waals surface area contributed by atoms with Crippen molar-refractivity contribution in [1.82, 2.24) is 5.32 Å². The van der Waals surface area contributed by atoms with Gasteiger partial charge in [0.25, 0.3) is 0 Å². The van der Waals surface area contributed by atoms with Gasteiger partial charge < -0.3 is 10.4 Å². The summed E-state index contributed by atoms with van der Waals surface area (Å²) in [6.07, 6.45) is 3.43. The monoisotopic (exact) mass is 211 g/mol. The second kappa shape index (κ2) is 4.43. The molecule has 2 N–H and O–H groups in total. The predicted octanol–water partition coefficient (Wildman–Crippen LogP) is 2.23. The van der Waals surface area contributed by atoms with E-state index in [1.165, 1.54) is 23.3 Å². The summed E-state index contributed by atoms with van der Waals surface area (Å²) >= 11 is 1.79. The first kappa shape index (κ1) is 10.1. The van der Waals surface area contributed by atoms with Gasteiger partial charge in [0.1, 0.15) is 0 Å².